The van der Waals surface area contributed by atoms with E-state index in [1.807, 2.05) is 13.0 Å². The first-order valence-electron chi connectivity index (χ1n) is 4.56. The van der Waals surface area contributed by atoms with Gasteiger partial charge in [0, 0.05) is 16.9 Å². The fourth-order valence-electron chi connectivity index (χ4n) is 1.27. The molecule has 1 atom stereocenters. The third kappa shape index (κ3) is 2.87. The molecule has 2 heteroatoms. The number of halogens is 1. The molecule has 1 unspecified atom stereocenters. The van der Waals surface area contributed by atoms with Crippen molar-refractivity contribution >= 4 is 15.9 Å². The van der Waals surface area contributed by atoms with Gasteiger partial charge in [-0.2, -0.15) is 0 Å². The van der Waals surface area contributed by atoms with E-state index in [-0.39, 0.29) is 6.04 Å². The van der Waals surface area contributed by atoms with Gasteiger partial charge in [0.1, 0.15) is 0 Å². The number of rotatable bonds is 2. The topological polar surface area (TPSA) is 26.0 Å². The summed E-state index contributed by atoms with van der Waals surface area (Å²) in [5.41, 5.74) is 8.38. The molecule has 0 aliphatic rings. The van der Waals surface area contributed by atoms with Crippen LogP contribution in [0.1, 0.15) is 30.5 Å². The molecular weight excluding hydrogens is 238 g/mol. The Kier molecular flexibility index (Phi) is 4.19. The zero-order valence-corrected chi connectivity index (χ0v) is 10.1. The average molecular weight is 252 g/mol. The molecule has 74 valence electrons. The van der Waals surface area contributed by atoms with E-state index < -0.39 is 0 Å². The SMILES string of the molecule is CC#CCC(N)c1cc(C)ccc1Br. The van der Waals surface area contributed by atoms with Crippen LogP contribution in [-0.2, 0) is 0 Å². The van der Waals surface area contributed by atoms with Crippen LogP contribution in [-0.4, -0.2) is 0 Å². The monoisotopic (exact) mass is 251 g/mol. The molecule has 2 N–H and O–H groups in total. The maximum absolute atomic E-state index is 6.02. The standard InChI is InChI=1S/C12H14BrN/c1-3-4-5-12(14)10-8-9(2)6-7-11(10)13/h6-8,12H,5,14H2,1-2H3. The molecule has 0 aromatic heterocycles. The van der Waals surface area contributed by atoms with Crippen LogP contribution in [0.5, 0.6) is 0 Å². The average Bonchev–Trinajstić information content (AvgIpc) is 2.18. The highest BCUT2D eigenvalue weighted by Gasteiger charge is 2.08. The van der Waals surface area contributed by atoms with E-state index in [0.29, 0.717) is 6.42 Å². The number of nitrogens with two attached hydrogens (primary N) is 1. The molecule has 0 aliphatic heterocycles. The van der Waals surface area contributed by atoms with Crippen molar-refractivity contribution in [2.75, 3.05) is 0 Å². The van der Waals surface area contributed by atoms with Crippen LogP contribution in [0.15, 0.2) is 22.7 Å². The molecule has 0 spiro atoms. The lowest BCUT2D eigenvalue weighted by molar-refractivity contribution is 0.749. The Bertz CT molecular complexity index is 374. The Morgan fingerprint density at radius 2 is 2.21 bits per heavy atom. The summed E-state index contributed by atoms with van der Waals surface area (Å²) in [5.74, 6) is 5.85. The van der Waals surface area contributed by atoms with Crippen LogP contribution in [0.4, 0.5) is 0 Å². The van der Waals surface area contributed by atoms with Gasteiger partial charge in [-0.1, -0.05) is 33.6 Å². The van der Waals surface area contributed by atoms with Crippen molar-refractivity contribution in [3.05, 3.63) is 33.8 Å². The predicted molar refractivity (Wildman–Crippen MR) is 63.9 cm³/mol. The minimum atomic E-state index is -0.00303. The van der Waals surface area contributed by atoms with Crippen LogP contribution in [0.25, 0.3) is 0 Å². The van der Waals surface area contributed by atoms with Crippen molar-refractivity contribution < 1.29 is 0 Å². The Morgan fingerprint density at radius 1 is 1.50 bits per heavy atom. The van der Waals surface area contributed by atoms with Gasteiger partial charge >= 0.3 is 0 Å². The van der Waals surface area contributed by atoms with Crippen molar-refractivity contribution in [3.8, 4) is 11.8 Å². The van der Waals surface area contributed by atoms with E-state index >= 15 is 0 Å². The maximum atomic E-state index is 6.02. The Labute approximate surface area is 93.8 Å². The summed E-state index contributed by atoms with van der Waals surface area (Å²) in [6.07, 6.45) is 0.707. The van der Waals surface area contributed by atoms with Gasteiger partial charge in [-0.3, -0.25) is 0 Å². The number of benzene rings is 1. The second-order valence-corrected chi connectivity index (χ2v) is 4.12. The maximum Gasteiger partial charge on any atom is 0.0417 e. The van der Waals surface area contributed by atoms with Gasteiger partial charge in [-0.15, -0.1) is 11.8 Å². The first-order chi connectivity index (χ1) is 6.65. The molecule has 0 aliphatic carbocycles. The van der Waals surface area contributed by atoms with Gasteiger partial charge in [-0.25, -0.2) is 0 Å². The van der Waals surface area contributed by atoms with Gasteiger partial charge in [0.15, 0.2) is 0 Å². The van der Waals surface area contributed by atoms with Crippen LogP contribution in [0.3, 0.4) is 0 Å². The molecule has 1 aromatic carbocycles. The minimum absolute atomic E-state index is 0.00303. The molecule has 1 aromatic rings. The summed E-state index contributed by atoms with van der Waals surface area (Å²) in [5, 5.41) is 0. The minimum Gasteiger partial charge on any atom is -0.323 e. The largest absolute Gasteiger partial charge is 0.323 e. The summed E-state index contributed by atoms with van der Waals surface area (Å²) in [6, 6.07) is 6.19. The van der Waals surface area contributed by atoms with Gasteiger partial charge in [-0.05, 0) is 25.5 Å². The normalized spacial score (nSPS) is 11.7. The lowest BCUT2D eigenvalue weighted by Crippen LogP contribution is -2.10. The zero-order chi connectivity index (χ0) is 10.6. The first-order valence-corrected chi connectivity index (χ1v) is 5.35. The number of hydrogen-bond donors (Lipinski definition) is 1. The highest BCUT2D eigenvalue weighted by atomic mass is 79.9. The summed E-state index contributed by atoms with van der Waals surface area (Å²) in [4.78, 5) is 0. The number of hydrogen-bond acceptors (Lipinski definition) is 1. The van der Waals surface area contributed by atoms with Crippen molar-refractivity contribution in [1.29, 1.82) is 0 Å². The lowest BCUT2D eigenvalue weighted by Gasteiger charge is -2.11. The van der Waals surface area contributed by atoms with Crippen molar-refractivity contribution in [2.45, 2.75) is 26.3 Å². The highest BCUT2D eigenvalue weighted by Crippen LogP contribution is 2.24. The van der Waals surface area contributed by atoms with E-state index in [1.165, 1.54) is 5.56 Å². The van der Waals surface area contributed by atoms with Gasteiger partial charge in [0.2, 0.25) is 0 Å². The molecule has 0 saturated heterocycles. The summed E-state index contributed by atoms with van der Waals surface area (Å²) >= 11 is 3.49. The molecule has 14 heavy (non-hydrogen) atoms. The fraction of sp³-hybridized carbons (Fsp3) is 0.333. The molecule has 0 amide bonds. The highest BCUT2D eigenvalue weighted by molar-refractivity contribution is 9.10. The lowest BCUT2D eigenvalue weighted by atomic mass is 10.0. The van der Waals surface area contributed by atoms with E-state index in [2.05, 4.69) is 46.8 Å². The smallest absolute Gasteiger partial charge is 0.0417 e. The third-order valence-electron chi connectivity index (χ3n) is 2.05. The molecule has 0 fully saturated rings. The van der Waals surface area contributed by atoms with Crippen LogP contribution in [0.2, 0.25) is 0 Å². The van der Waals surface area contributed by atoms with Crippen LogP contribution >= 0.6 is 15.9 Å². The molecule has 0 saturated carbocycles. The van der Waals surface area contributed by atoms with E-state index in [0.717, 1.165) is 10.0 Å². The fourth-order valence-corrected chi connectivity index (χ4v) is 1.81. The quantitative estimate of drug-likeness (QED) is 0.804. The van der Waals surface area contributed by atoms with Crippen molar-refractivity contribution in [2.24, 2.45) is 5.73 Å². The third-order valence-corrected chi connectivity index (χ3v) is 2.77. The molecule has 1 nitrogen and oxygen atoms in total. The van der Waals surface area contributed by atoms with Gasteiger partial charge < -0.3 is 5.73 Å². The molecular formula is C12H14BrN. The van der Waals surface area contributed by atoms with E-state index in [4.69, 9.17) is 5.73 Å². The first kappa shape index (κ1) is 11.3. The second kappa shape index (κ2) is 5.19. The van der Waals surface area contributed by atoms with E-state index in [1.54, 1.807) is 0 Å². The van der Waals surface area contributed by atoms with Gasteiger partial charge in [0.05, 0.1) is 0 Å². The summed E-state index contributed by atoms with van der Waals surface area (Å²) in [7, 11) is 0. The molecule has 0 bridgehead atoms. The van der Waals surface area contributed by atoms with Crippen LogP contribution in [0, 0.1) is 18.8 Å². The molecule has 1 rings (SSSR count). The van der Waals surface area contributed by atoms with Crippen molar-refractivity contribution in [1.82, 2.24) is 0 Å². The Hall–Kier alpha value is -0.780. The summed E-state index contributed by atoms with van der Waals surface area (Å²) in [6.45, 7) is 3.90. The molecule has 0 heterocycles. The number of aryl methyl sites for hydroxylation is 1. The summed E-state index contributed by atoms with van der Waals surface area (Å²) < 4.78 is 1.06. The van der Waals surface area contributed by atoms with Gasteiger partial charge in [0.25, 0.3) is 0 Å². The second-order valence-electron chi connectivity index (χ2n) is 3.26. The van der Waals surface area contributed by atoms with Crippen LogP contribution < -0.4 is 5.73 Å². The molecule has 0 radical (unpaired) electrons. The Morgan fingerprint density at radius 3 is 2.86 bits per heavy atom. The Balaban J connectivity index is 2.91. The van der Waals surface area contributed by atoms with E-state index in [9.17, 15) is 0 Å². The predicted octanol–water partition coefficient (Wildman–Crippen LogP) is 3.17. The zero-order valence-electron chi connectivity index (χ0n) is 8.47. The van der Waals surface area contributed by atoms with Crippen molar-refractivity contribution in [3.63, 3.8) is 0 Å².